The van der Waals surface area contributed by atoms with E-state index in [0.29, 0.717) is 17.2 Å². The van der Waals surface area contributed by atoms with Crippen LogP contribution in [0.1, 0.15) is 0 Å². The highest BCUT2D eigenvalue weighted by atomic mass is 32.1. The number of amides is 1. The summed E-state index contributed by atoms with van der Waals surface area (Å²) in [5.41, 5.74) is 1.98. The molecule has 2 aromatic carbocycles. The molecule has 134 valence electrons. The van der Waals surface area contributed by atoms with Crippen LogP contribution in [0.5, 0.6) is 5.75 Å². The number of carbonyl (C=O) groups excluding carboxylic acids is 1. The highest BCUT2D eigenvalue weighted by Crippen LogP contribution is 2.26. The number of rotatable bonds is 4. The second-order valence-corrected chi connectivity index (χ2v) is 5.58. The molecule has 0 unspecified atom stereocenters. The molecule has 0 fully saturated rings. The van der Waals surface area contributed by atoms with Gasteiger partial charge in [-0.05, 0) is 48.5 Å². The number of anilines is 1. The van der Waals surface area contributed by atoms with E-state index >= 15 is 0 Å². The molecule has 1 N–H and O–H groups in total. The van der Waals surface area contributed by atoms with Crippen LogP contribution >= 0.6 is 12.6 Å². The molecular formula is C17H12F3N3O2S. The number of benzene rings is 2. The number of ether oxygens (including phenoxy) is 1. The van der Waals surface area contributed by atoms with Crippen LogP contribution in [0.15, 0.2) is 60.9 Å². The minimum atomic E-state index is -4.73. The lowest BCUT2D eigenvalue weighted by Crippen LogP contribution is -2.17. The van der Waals surface area contributed by atoms with Crippen molar-refractivity contribution in [3.63, 3.8) is 0 Å². The molecule has 3 rings (SSSR count). The quantitative estimate of drug-likeness (QED) is 0.634. The lowest BCUT2D eigenvalue weighted by molar-refractivity contribution is -0.274. The number of nitrogens with one attached hydrogen (secondary N) is 1. The Morgan fingerprint density at radius 3 is 2.31 bits per heavy atom. The van der Waals surface area contributed by atoms with E-state index < -0.39 is 11.6 Å². The Balaban J connectivity index is 1.85. The van der Waals surface area contributed by atoms with Gasteiger partial charge in [0.15, 0.2) is 0 Å². The van der Waals surface area contributed by atoms with Gasteiger partial charge in [-0.15, -0.1) is 13.2 Å². The van der Waals surface area contributed by atoms with Crippen LogP contribution in [0.3, 0.4) is 0 Å². The zero-order valence-corrected chi connectivity index (χ0v) is 14.0. The fourth-order valence-electron chi connectivity index (χ4n) is 2.36. The van der Waals surface area contributed by atoms with Crippen LogP contribution < -0.4 is 10.1 Å². The number of carbonyl (C=O) groups is 1. The monoisotopic (exact) mass is 379 g/mol. The van der Waals surface area contributed by atoms with Crippen LogP contribution in [0.4, 0.5) is 23.7 Å². The molecule has 0 aliphatic carbocycles. The molecule has 1 amide bonds. The highest BCUT2D eigenvalue weighted by molar-refractivity contribution is 7.96. The third kappa shape index (κ3) is 4.37. The van der Waals surface area contributed by atoms with Crippen LogP contribution in [-0.4, -0.2) is 21.2 Å². The molecule has 0 bridgehead atoms. The second kappa shape index (κ2) is 7.12. The third-order valence-electron chi connectivity index (χ3n) is 3.38. The molecule has 26 heavy (non-hydrogen) atoms. The van der Waals surface area contributed by atoms with Crippen molar-refractivity contribution in [3.8, 4) is 22.8 Å². The van der Waals surface area contributed by atoms with Gasteiger partial charge in [0.25, 0.3) is 5.24 Å². The Bertz CT molecular complexity index is 906. The predicted molar refractivity (Wildman–Crippen MR) is 93.7 cm³/mol. The molecule has 0 atom stereocenters. The Morgan fingerprint density at radius 2 is 1.73 bits per heavy atom. The SMILES string of the molecule is O=C(S)Nc1ccc(-c2nccn2-c2ccc(OC(F)(F)F)cc2)cc1. The first-order chi connectivity index (χ1) is 12.3. The molecule has 0 aliphatic rings. The number of halogens is 3. The van der Waals surface area contributed by atoms with Crippen molar-refractivity contribution in [1.29, 1.82) is 0 Å². The zero-order chi connectivity index (χ0) is 18.7. The van der Waals surface area contributed by atoms with Crippen molar-refractivity contribution >= 4 is 23.6 Å². The van der Waals surface area contributed by atoms with Crippen LogP contribution in [0, 0.1) is 0 Å². The van der Waals surface area contributed by atoms with Gasteiger partial charge in [0.05, 0.1) is 0 Å². The van der Waals surface area contributed by atoms with Gasteiger partial charge >= 0.3 is 6.36 Å². The van der Waals surface area contributed by atoms with Gasteiger partial charge < -0.3 is 10.1 Å². The number of hydrogen-bond acceptors (Lipinski definition) is 3. The fourth-order valence-corrected chi connectivity index (χ4v) is 2.49. The highest BCUT2D eigenvalue weighted by Gasteiger charge is 2.31. The number of alkyl halides is 3. The first-order valence-corrected chi connectivity index (χ1v) is 7.76. The summed E-state index contributed by atoms with van der Waals surface area (Å²) in [6.07, 6.45) is -1.46. The average molecular weight is 379 g/mol. The summed E-state index contributed by atoms with van der Waals surface area (Å²) in [7, 11) is 0. The van der Waals surface area contributed by atoms with E-state index in [1.54, 1.807) is 41.2 Å². The Labute approximate surface area is 151 Å². The maximum Gasteiger partial charge on any atom is 0.573 e. The van der Waals surface area contributed by atoms with E-state index in [0.717, 1.165) is 5.56 Å². The maximum atomic E-state index is 12.2. The summed E-state index contributed by atoms with van der Waals surface area (Å²) in [5.74, 6) is 0.299. The standard InChI is InChI=1S/C17H12F3N3O2S/c18-17(19,20)25-14-7-5-13(6-8-14)23-10-9-21-15(23)11-1-3-12(4-2-11)22-16(24)26/h1-10H,(H2,22,24,26). The van der Waals surface area contributed by atoms with Crippen LogP contribution in [0.2, 0.25) is 0 Å². The molecule has 5 nitrogen and oxygen atoms in total. The number of hydrogen-bond donors (Lipinski definition) is 2. The summed E-state index contributed by atoms with van der Waals surface area (Å²) in [6, 6.07) is 12.4. The van der Waals surface area contributed by atoms with Crippen molar-refractivity contribution in [3.05, 3.63) is 60.9 Å². The largest absolute Gasteiger partial charge is 0.573 e. The smallest absolute Gasteiger partial charge is 0.406 e. The Morgan fingerprint density at radius 1 is 1.08 bits per heavy atom. The summed E-state index contributed by atoms with van der Waals surface area (Å²) >= 11 is 3.65. The van der Waals surface area contributed by atoms with E-state index in [2.05, 4.69) is 27.7 Å². The number of nitrogens with zero attached hydrogens (tertiary/aromatic N) is 2. The number of thiol groups is 1. The van der Waals surface area contributed by atoms with Crippen molar-refractivity contribution in [1.82, 2.24) is 9.55 Å². The van der Waals surface area contributed by atoms with Gasteiger partial charge in [0.1, 0.15) is 11.6 Å². The summed E-state index contributed by atoms with van der Waals surface area (Å²) in [5, 5.41) is 2.07. The van der Waals surface area contributed by atoms with Gasteiger partial charge in [-0.2, -0.15) is 0 Å². The molecule has 0 saturated carbocycles. The maximum absolute atomic E-state index is 12.2. The van der Waals surface area contributed by atoms with Gasteiger partial charge in [-0.25, -0.2) is 4.98 Å². The van der Waals surface area contributed by atoms with Crippen LogP contribution in [0.25, 0.3) is 17.1 Å². The van der Waals surface area contributed by atoms with Crippen LogP contribution in [-0.2, 0) is 0 Å². The van der Waals surface area contributed by atoms with Crippen molar-refractivity contribution in [2.75, 3.05) is 5.32 Å². The van der Waals surface area contributed by atoms with Gasteiger partial charge in [-0.1, -0.05) is 12.6 Å². The molecule has 3 aromatic rings. The zero-order valence-electron chi connectivity index (χ0n) is 13.1. The minimum Gasteiger partial charge on any atom is -0.406 e. The Kier molecular flexibility index (Phi) is 4.90. The third-order valence-corrected chi connectivity index (χ3v) is 3.50. The topological polar surface area (TPSA) is 56.2 Å². The lowest BCUT2D eigenvalue weighted by Gasteiger charge is -2.11. The molecule has 9 heteroatoms. The number of aromatic nitrogens is 2. The van der Waals surface area contributed by atoms with Gasteiger partial charge in [0, 0.05) is 29.3 Å². The van der Waals surface area contributed by atoms with E-state index in [1.165, 1.54) is 24.3 Å². The first kappa shape index (κ1) is 17.9. The van der Waals surface area contributed by atoms with Crippen molar-refractivity contribution < 1.29 is 22.7 Å². The van der Waals surface area contributed by atoms with Crippen molar-refractivity contribution in [2.45, 2.75) is 6.36 Å². The van der Waals surface area contributed by atoms with E-state index in [1.807, 2.05) is 0 Å². The van der Waals surface area contributed by atoms with E-state index in [9.17, 15) is 18.0 Å². The number of imidazole rings is 1. The van der Waals surface area contributed by atoms with E-state index in [4.69, 9.17) is 0 Å². The molecule has 1 heterocycles. The summed E-state index contributed by atoms with van der Waals surface area (Å²) in [6.45, 7) is 0. The summed E-state index contributed by atoms with van der Waals surface area (Å²) in [4.78, 5) is 15.2. The second-order valence-electron chi connectivity index (χ2n) is 5.17. The van der Waals surface area contributed by atoms with E-state index in [-0.39, 0.29) is 5.75 Å². The molecule has 0 saturated heterocycles. The summed E-state index contributed by atoms with van der Waals surface area (Å²) < 4.78 is 42.3. The normalized spacial score (nSPS) is 11.2. The fraction of sp³-hybridized carbons (Fsp3) is 0.0588. The van der Waals surface area contributed by atoms with Gasteiger partial charge in [0.2, 0.25) is 0 Å². The molecular weight excluding hydrogens is 367 g/mol. The predicted octanol–water partition coefficient (Wildman–Crippen LogP) is 4.90. The van der Waals surface area contributed by atoms with Crippen molar-refractivity contribution in [2.24, 2.45) is 0 Å². The lowest BCUT2D eigenvalue weighted by atomic mass is 10.2. The first-order valence-electron chi connectivity index (χ1n) is 7.32. The molecule has 0 radical (unpaired) electrons. The molecule has 1 aromatic heterocycles. The molecule has 0 aliphatic heterocycles. The van der Waals surface area contributed by atoms with Gasteiger partial charge in [-0.3, -0.25) is 9.36 Å². The molecule has 0 spiro atoms. The minimum absolute atomic E-state index is 0.297. The average Bonchev–Trinajstić information content (AvgIpc) is 3.04. The Hall–Kier alpha value is -2.94.